The van der Waals surface area contributed by atoms with E-state index in [9.17, 15) is 4.79 Å². The van der Waals surface area contributed by atoms with E-state index in [-0.39, 0.29) is 18.1 Å². The van der Waals surface area contributed by atoms with E-state index in [1.54, 1.807) is 42.5 Å². The van der Waals surface area contributed by atoms with Crippen LogP contribution in [0.15, 0.2) is 47.6 Å². The molecule has 0 unspecified atom stereocenters. The Labute approximate surface area is 149 Å². The molecule has 0 aromatic heterocycles. The van der Waals surface area contributed by atoms with Crippen molar-refractivity contribution < 1.29 is 14.6 Å². The smallest absolute Gasteiger partial charge is 0.240 e. The third-order valence-corrected chi connectivity index (χ3v) is 3.53. The van der Waals surface area contributed by atoms with Crippen LogP contribution in [0.1, 0.15) is 18.4 Å². The number of aromatic hydroxyl groups is 1. The van der Waals surface area contributed by atoms with Crippen molar-refractivity contribution >= 4 is 35.3 Å². The molecule has 0 heterocycles. The summed E-state index contributed by atoms with van der Waals surface area (Å²) in [5.74, 6) is 0.500. The van der Waals surface area contributed by atoms with Crippen molar-refractivity contribution in [2.75, 3.05) is 6.61 Å². The number of carbonyl (C=O) groups excluding carboxylic acids is 1. The summed E-state index contributed by atoms with van der Waals surface area (Å²) in [6.07, 6.45) is 2.30. The van der Waals surface area contributed by atoms with E-state index in [4.69, 9.17) is 33.0 Å². The van der Waals surface area contributed by atoms with E-state index in [0.29, 0.717) is 28.8 Å². The Morgan fingerprint density at radius 2 is 1.96 bits per heavy atom. The predicted molar refractivity (Wildman–Crippen MR) is 95.0 cm³/mol. The van der Waals surface area contributed by atoms with Crippen LogP contribution in [0.5, 0.6) is 11.5 Å². The van der Waals surface area contributed by atoms with Gasteiger partial charge in [-0.05, 0) is 54.4 Å². The Morgan fingerprint density at radius 3 is 2.67 bits per heavy atom. The van der Waals surface area contributed by atoms with Crippen molar-refractivity contribution in [3.05, 3.63) is 58.1 Å². The fourth-order valence-electron chi connectivity index (χ4n) is 1.80. The zero-order valence-electron chi connectivity index (χ0n) is 12.7. The number of rotatable bonds is 7. The van der Waals surface area contributed by atoms with E-state index in [1.807, 2.05) is 0 Å². The molecule has 0 saturated carbocycles. The third kappa shape index (κ3) is 6.10. The van der Waals surface area contributed by atoms with Crippen molar-refractivity contribution in [1.29, 1.82) is 0 Å². The van der Waals surface area contributed by atoms with Crippen molar-refractivity contribution in [3.8, 4) is 11.5 Å². The summed E-state index contributed by atoms with van der Waals surface area (Å²) in [5.41, 5.74) is 3.20. The summed E-state index contributed by atoms with van der Waals surface area (Å²) >= 11 is 11.8. The first-order chi connectivity index (χ1) is 11.5. The monoisotopic (exact) mass is 366 g/mol. The maximum absolute atomic E-state index is 11.6. The van der Waals surface area contributed by atoms with Crippen LogP contribution < -0.4 is 10.2 Å². The second-order valence-corrected chi connectivity index (χ2v) is 5.76. The van der Waals surface area contributed by atoms with Crippen LogP contribution in [-0.4, -0.2) is 23.8 Å². The van der Waals surface area contributed by atoms with Crippen LogP contribution in [0.4, 0.5) is 0 Å². The molecule has 0 aliphatic carbocycles. The van der Waals surface area contributed by atoms with Gasteiger partial charge in [0.05, 0.1) is 17.8 Å². The van der Waals surface area contributed by atoms with Crippen LogP contribution >= 0.6 is 23.2 Å². The van der Waals surface area contributed by atoms with Crippen molar-refractivity contribution in [3.63, 3.8) is 0 Å². The molecule has 2 aromatic carbocycles. The first-order valence-corrected chi connectivity index (χ1v) is 7.99. The van der Waals surface area contributed by atoms with Gasteiger partial charge in [0.15, 0.2) is 0 Å². The van der Waals surface area contributed by atoms with Gasteiger partial charge in [0.25, 0.3) is 0 Å². The molecule has 0 aliphatic heterocycles. The zero-order chi connectivity index (χ0) is 17.4. The summed E-state index contributed by atoms with van der Waals surface area (Å²) in [5, 5.41) is 14.0. The summed E-state index contributed by atoms with van der Waals surface area (Å²) in [7, 11) is 0. The highest BCUT2D eigenvalue weighted by Crippen LogP contribution is 2.27. The number of hydrazone groups is 1. The summed E-state index contributed by atoms with van der Waals surface area (Å²) in [6, 6.07) is 11.4. The van der Waals surface area contributed by atoms with Crippen LogP contribution in [0.2, 0.25) is 10.0 Å². The van der Waals surface area contributed by atoms with Crippen molar-refractivity contribution in [2.45, 2.75) is 12.8 Å². The van der Waals surface area contributed by atoms with E-state index in [2.05, 4.69) is 10.5 Å². The number of nitrogens with zero attached hydrogens (tertiary/aromatic N) is 1. The molecule has 2 aromatic rings. The standard InChI is InChI=1S/C17H16Cl2N2O3/c18-13-5-8-16(15(19)10-13)24-9-1-2-17(23)21-20-11-12-3-6-14(22)7-4-12/h3-8,10-11,22H,1-2,9H2,(H,21,23)/b20-11-. The predicted octanol–water partition coefficient (Wildman–Crippen LogP) is 4.01. The fraction of sp³-hybridized carbons (Fsp3) is 0.176. The SMILES string of the molecule is O=C(CCCOc1ccc(Cl)cc1Cl)N/N=C\c1ccc(O)cc1. The van der Waals surface area contributed by atoms with E-state index in [1.165, 1.54) is 6.21 Å². The van der Waals surface area contributed by atoms with E-state index in [0.717, 1.165) is 5.56 Å². The van der Waals surface area contributed by atoms with Gasteiger partial charge < -0.3 is 9.84 Å². The van der Waals surface area contributed by atoms with E-state index < -0.39 is 0 Å². The van der Waals surface area contributed by atoms with Crippen molar-refractivity contribution in [2.24, 2.45) is 5.10 Å². The third-order valence-electron chi connectivity index (χ3n) is 3.00. The molecule has 0 radical (unpaired) electrons. The Balaban J connectivity index is 1.67. The van der Waals surface area contributed by atoms with Crippen molar-refractivity contribution in [1.82, 2.24) is 5.43 Å². The van der Waals surface area contributed by atoms with Crippen LogP contribution in [0.3, 0.4) is 0 Å². The normalized spacial score (nSPS) is 10.8. The number of amides is 1. The largest absolute Gasteiger partial charge is 0.508 e. The molecule has 2 rings (SSSR count). The van der Waals surface area contributed by atoms with Gasteiger partial charge in [-0.15, -0.1) is 0 Å². The maximum atomic E-state index is 11.6. The minimum Gasteiger partial charge on any atom is -0.508 e. The molecule has 0 atom stereocenters. The molecule has 1 amide bonds. The number of halogens is 2. The summed E-state index contributed by atoms with van der Waals surface area (Å²) in [6.45, 7) is 0.358. The summed E-state index contributed by atoms with van der Waals surface area (Å²) < 4.78 is 5.49. The lowest BCUT2D eigenvalue weighted by Gasteiger charge is -2.07. The molecule has 0 aliphatic rings. The Morgan fingerprint density at radius 1 is 1.21 bits per heavy atom. The topological polar surface area (TPSA) is 70.9 Å². The minimum absolute atomic E-state index is 0.178. The summed E-state index contributed by atoms with van der Waals surface area (Å²) in [4.78, 5) is 11.6. The molecular formula is C17H16Cl2N2O3. The maximum Gasteiger partial charge on any atom is 0.240 e. The molecule has 126 valence electrons. The number of hydrogen-bond donors (Lipinski definition) is 2. The second kappa shape index (κ2) is 9.15. The molecule has 0 saturated heterocycles. The second-order valence-electron chi connectivity index (χ2n) is 4.91. The Kier molecular flexibility index (Phi) is 6.90. The van der Waals surface area contributed by atoms with Gasteiger partial charge in [-0.25, -0.2) is 5.43 Å². The first kappa shape index (κ1) is 18.1. The number of carbonyl (C=O) groups is 1. The highest BCUT2D eigenvalue weighted by atomic mass is 35.5. The average molecular weight is 367 g/mol. The molecule has 24 heavy (non-hydrogen) atoms. The van der Waals surface area contributed by atoms with Gasteiger partial charge in [0.1, 0.15) is 11.5 Å². The quantitative estimate of drug-likeness (QED) is 0.441. The Bertz CT molecular complexity index is 718. The molecule has 7 heteroatoms. The first-order valence-electron chi connectivity index (χ1n) is 7.23. The Hall–Kier alpha value is -2.24. The minimum atomic E-state index is -0.212. The van der Waals surface area contributed by atoms with Gasteiger partial charge in [-0.1, -0.05) is 23.2 Å². The number of phenols is 1. The molecule has 0 fully saturated rings. The number of ether oxygens (including phenoxy) is 1. The zero-order valence-corrected chi connectivity index (χ0v) is 14.2. The number of nitrogens with one attached hydrogen (secondary N) is 1. The lowest BCUT2D eigenvalue weighted by atomic mass is 10.2. The molecule has 0 spiro atoms. The molecule has 0 bridgehead atoms. The highest BCUT2D eigenvalue weighted by molar-refractivity contribution is 6.35. The van der Waals surface area contributed by atoms with Crippen LogP contribution in [0, 0.1) is 0 Å². The fourth-order valence-corrected chi connectivity index (χ4v) is 2.27. The van der Waals surface area contributed by atoms with Gasteiger partial charge in [0.2, 0.25) is 5.91 Å². The highest BCUT2D eigenvalue weighted by Gasteiger charge is 2.04. The van der Waals surface area contributed by atoms with E-state index >= 15 is 0 Å². The lowest BCUT2D eigenvalue weighted by Crippen LogP contribution is -2.18. The number of hydrogen-bond acceptors (Lipinski definition) is 4. The van der Waals surface area contributed by atoms with Crippen LogP contribution in [0.25, 0.3) is 0 Å². The number of benzene rings is 2. The van der Waals surface area contributed by atoms with Gasteiger partial charge in [0, 0.05) is 11.4 Å². The molecule has 2 N–H and O–H groups in total. The van der Waals surface area contributed by atoms with Gasteiger partial charge >= 0.3 is 0 Å². The molecule has 5 nitrogen and oxygen atoms in total. The molecular weight excluding hydrogens is 351 g/mol. The lowest BCUT2D eigenvalue weighted by molar-refractivity contribution is -0.121. The van der Waals surface area contributed by atoms with Gasteiger partial charge in [-0.3, -0.25) is 4.79 Å². The average Bonchev–Trinajstić information content (AvgIpc) is 2.55. The number of phenolic OH excluding ortho intramolecular Hbond substituents is 1. The van der Waals surface area contributed by atoms with Crippen LogP contribution in [-0.2, 0) is 4.79 Å². The van der Waals surface area contributed by atoms with Gasteiger partial charge in [-0.2, -0.15) is 5.10 Å².